The molecule has 1 saturated heterocycles. The molecule has 2 aliphatic rings. The summed E-state index contributed by atoms with van der Waals surface area (Å²) in [6, 6.07) is 0.694. The Bertz CT molecular complexity index is 865. The fraction of sp³-hybridized carbons (Fsp3) is 0.591. The van der Waals surface area contributed by atoms with Crippen molar-refractivity contribution in [3.8, 4) is 5.88 Å². The van der Waals surface area contributed by atoms with Crippen LogP contribution in [0.2, 0.25) is 0 Å². The first-order valence-corrected chi connectivity index (χ1v) is 10.5. The van der Waals surface area contributed by atoms with E-state index in [4.69, 9.17) is 14.2 Å². The highest BCUT2D eigenvalue weighted by molar-refractivity contribution is 5.86. The van der Waals surface area contributed by atoms with Crippen LogP contribution in [0.1, 0.15) is 57.7 Å². The Hall–Kier alpha value is -2.84. The van der Waals surface area contributed by atoms with Crippen molar-refractivity contribution in [3.63, 3.8) is 0 Å². The minimum Gasteiger partial charge on any atom is -0.501 e. The molecule has 1 fully saturated rings. The van der Waals surface area contributed by atoms with Crippen molar-refractivity contribution in [2.75, 3.05) is 20.3 Å². The van der Waals surface area contributed by atoms with E-state index < -0.39 is 23.6 Å². The summed E-state index contributed by atoms with van der Waals surface area (Å²) in [7, 11) is 1.45. The largest absolute Gasteiger partial charge is 0.501 e. The highest BCUT2D eigenvalue weighted by Gasteiger charge is 2.36. The van der Waals surface area contributed by atoms with Gasteiger partial charge >= 0.3 is 6.09 Å². The van der Waals surface area contributed by atoms with E-state index >= 15 is 0 Å². The van der Waals surface area contributed by atoms with E-state index in [2.05, 4.69) is 10.3 Å². The van der Waals surface area contributed by atoms with Gasteiger partial charge in [-0.2, -0.15) is 0 Å². The van der Waals surface area contributed by atoms with Crippen LogP contribution >= 0.6 is 0 Å². The average molecular weight is 435 g/mol. The molecular formula is C22H30FN3O5. The molecule has 170 valence electrons. The number of likely N-dealkylation sites (tertiary alicyclic amines) is 1. The summed E-state index contributed by atoms with van der Waals surface area (Å²) in [6.45, 7) is 6.43. The van der Waals surface area contributed by atoms with Crippen LogP contribution in [-0.2, 0) is 20.8 Å². The number of allylic oxidation sites excluding steroid dienone is 1. The van der Waals surface area contributed by atoms with Crippen molar-refractivity contribution >= 4 is 17.6 Å². The van der Waals surface area contributed by atoms with Crippen LogP contribution in [0.25, 0.3) is 5.57 Å². The van der Waals surface area contributed by atoms with Gasteiger partial charge in [-0.15, -0.1) is 0 Å². The third-order valence-electron chi connectivity index (χ3n) is 5.08. The van der Waals surface area contributed by atoms with Gasteiger partial charge < -0.3 is 19.5 Å². The van der Waals surface area contributed by atoms with Crippen LogP contribution in [0.15, 0.2) is 12.3 Å². The van der Waals surface area contributed by atoms with Gasteiger partial charge in [0.15, 0.2) is 0 Å². The minimum atomic E-state index is -0.641. The molecule has 0 saturated carbocycles. The second-order valence-corrected chi connectivity index (χ2v) is 8.65. The number of nitrogens with zero attached hydrogens (tertiary/aromatic N) is 2. The SMILES string of the molecule is COc1nc(C2=COCCC2)c(F)cc1CNC(=O)[C@@H]1CCCN1C(=O)OC(C)(C)C. The molecule has 8 nitrogen and oxygen atoms in total. The van der Waals surface area contributed by atoms with Gasteiger partial charge in [0.25, 0.3) is 0 Å². The van der Waals surface area contributed by atoms with E-state index in [0.717, 1.165) is 6.42 Å². The number of ether oxygens (including phenoxy) is 3. The van der Waals surface area contributed by atoms with Gasteiger partial charge in [0.1, 0.15) is 23.2 Å². The van der Waals surface area contributed by atoms with E-state index in [1.807, 2.05) is 0 Å². The van der Waals surface area contributed by atoms with Crippen molar-refractivity contribution in [3.05, 3.63) is 29.4 Å². The van der Waals surface area contributed by atoms with Crippen LogP contribution in [0.4, 0.5) is 9.18 Å². The molecule has 0 aliphatic carbocycles. The zero-order chi connectivity index (χ0) is 22.6. The molecule has 0 spiro atoms. The normalized spacial score (nSPS) is 18.8. The minimum absolute atomic E-state index is 0.0282. The van der Waals surface area contributed by atoms with Crippen LogP contribution in [0, 0.1) is 5.82 Å². The molecule has 9 heteroatoms. The first kappa shape index (κ1) is 22.8. The number of carbonyl (C=O) groups excluding carboxylic acids is 2. The number of carbonyl (C=O) groups is 2. The zero-order valence-corrected chi connectivity index (χ0v) is 18.5. The molecule has 0 aromatic carbocycles. The number of hydrogen-bond donors (Lipinski definition) is 1. The Labute approximate surface area is 181 Å². The molecule has 2 amide bonds. The molecule has 0 radical (unpaired) electrons. The number of aromatic nitrogens is 1. The van der Waals surface area contributed by atoms with E-state index in [9.17, 15) is 14.0 Å². The number of amides is 2. The van der Waals surface area contributed by atoms with Crippen LogP contribution < -0.4 is 10.1 Å². The van der Waals surface area contributed by atoms with Crippen LogP contribution in [0.5, 0.6) is 5.88 Å². The highest BCUT2D eigenvalue weighted by Crippen LogP contribution is 2.28. The smallest absolute Gasteiger partial charge is 0.410 e. The molecule has 31 heavy (non-hydrogen) atoms. The van der Waals surface area contributed by atoms with Gasteiger partial charge in [0, 0.05) is 24.2 Å². The Morgan fingerprint density at radius 2 is 2.13 bits per heavy atom. The Morgan fingerprint density at radius 1 is 1.35 bits per heavy atom. The van der Waals surface area contributed by atoms with Crippen molar-refractivity contribution in [1.29, 1.82) is 0 Å². The number of pyridine rings is 1. The molecule has 1 aromatic rings. The maximum atomic E-state index is 14.7. The maximum absolute atomic E-state index is 14.7. The highest BCUT2D eigenvalue weighted by atomic mass is 19.1. The van der Waals surface area contributed by atoms with Crippen molar-refractivity contribution in [2.24, 2.45) is 0 Å². The molecule has 3 heterocycles. The second-order valence-electron chi connectivity index (χ2n) is 8.65. The van der Waals surface area contributed by atoms with E-state index in [1.165, 1.54) is 24.3 Å². The first-order chi connectivity index (χ1) is 14.7. The van der Waals surface area contributed by atoms with Gasteiger partial charge in [-0.05, 0) is 52.5 Å². The molecule has 3 rings (SSSR count). The third kappa shape index (κ3) is 5.65. The standard InChI is InChI=1S/C22H30FN3O5/c1-22(2,3)31-21(28)26-9-5-8-17(26)19(27)24-12-15-11-16(23)18(25-20(15)29-4)14-7-6-10-30-13-14/h11,13,17H,5-10,12H2,1-4H3,(H,24,27)/t17-/m0/s1. The van der Waals surface area contributed by atoms with Gasteiger partial charge in [-0.25, -0.2) is 14.2 Å². The fourth-order valence-electron chi connectivity index (χ4n) is 3.66. The Balaban J connectivity index is 1.68. The number of rotatable bonds is 5. The van der Waals surface area contributed by atoms with Gasteiger partial charge in [0.2, 0.25) is 11.8 Å². The Kier molecular flexibility index (Phi) is 7.02. The quantitative estimate of drug-likeness (QED) is 0.763. The van der Waals surface area contributed by atoms with Gasteiger partial charge in [0.05, 0.1) is 20.0 Å². The molecule has 0 unspecified atom stereocenters. The summed E-state index contributed by atoms with van der Waals surface area (Å²) >= 11 is 0. The predicted octanol–water partition coefficient (Wildman–Crippen LogP) is 3.40. The van der Waals surface area contributed by atoms with E-state index in [-0.39, 0.29) is 24.0 Å². The molecule has 1 N–H and O–H groups in total. The summed E-state index contributed by atoms with van der Waals surface area (Å²) in [5.41, 5.74) is 0.643. The third-order valence-corrected chi connectivity index (χ3v) is 5.08. The lowest BCUT2D eigenvalue weighted by atomic mass is 10.0. The predicted molar refractivity (Wildman–Crippen MR) is 112 cm³/mol. The summed E-state index contributed by atoms with van der Waals surface area (Å²) in [4.78, 5) is 30.9. The van der Waals surface area contributed by atoms with Crippen LogP contribution in [0.3, 0.4) is 0 Å². The summed E-state index contributed by atoms with van der Waals surface area (Å²) in [5.74, 6) is -0.588. The molecule has 1 aromatic heterocycles. The Morgan fingerprint density at radius 3 is 2.77 bits per heavy atom. The number of halogens is 1. The zero-order valence-electron chi connectivity index (χ0n) is 18.5. The lowest BCUT2D eigenvalue weighted by Gasteiger charge is -2.28. The van der Waals surface area contributed by atoms with Gasteiger partial charge in [-0.3, -0.25) is 9.69 Å². The molecule has 2 aliphatic heterocycles. The van der Waals surface area contributed by atoms with E-state index in [0.29, 0.717) is 43.6 Å². The summed E-state index contributed by atoms with van der Waals surface area (Å²) in [5, 5.41) is 2.78. The average Bonchev–Trinajstić information content (AvgIpc) is 3.22. The molecule has 1 atom stereocenters. The fourth-order valence-corrected chi connectivity index (χ4v) is 3.66. The summed E-state index contributed by atoms with van der Waals surface area (Å²) < 4.78 is 30.7. The van der Waals surface area contributed by atoms with Crippen molar-refractivity contribution in [2.45, 2.75) is 64.6 Å². The topological polar surface area (TPSA) is 90.0 Å². The number of nitrogens with one attached hydrogen (secondary N) is 1. The molecule has 0 bridgehead atoms. The lowest BCUT2D eigenvalue weighted by molar-refractivity contribution is -0.125. The summed E-state index contributed by atoms with van der Waals surface area (Å²) in [6.07, 6.45) is 3.74. The van der Waals surface area contributed by atoms with Gasteiger partial charge in [-0.1, -0.05) is 0 Å². The second kappa shape index (κ2) is 9.53. The lowest BCUT2D eigenvalue weighted by Crippen LogP contribution is -2.47. The monoisotopic (exact) mass is 435 g/mol. The number of methoxy groups -OCH3 is 1. The van der Waals surface area contributed by atoms with Crippen LogP contribution in [-0.4, -0.2) is 53.8 Å². The number of hydrogen-bond acceptors (Lipinski definition) is 6. The van der Waals surface area contributed by atoms with E-state index in [1.54, 1.807) is 20.8 Å². The molecular weight excluding hydrogens is 405 g/mol. The maximum Gasteiger partial charge on any atom is 0.410 e. The first-order valence-electron chi connectivity index (χ1n) is 10.5. The van der Waals surface area contributed by atoms with Crippen molar-refractivity contribution < 1.29 is 28.2 Å². The van der Waals surface area contributed by atoms with Crippen molar-refractivity contribution in [1.82, 2.24) is 15.2 Å².